The smallest absolute Gasteiger partial charge is 0.331 e. The van der Waals surface area contributed by atoms with E-state index in [1.54, 1.807) is 18.7 Å². The number of amides is 2. The summed E-state index contributed by atoms with van der Waals surface area (Å²) in [5, 5.41) is 1.20. The first kappa shape index (κ1) is 25.0. The highest BCUT2D eigenvalue weighted by atomic mass is 16.5. The Morgan fingerprint density at radius 3 is 2.31 bits per heavy atom. The van der Waals surface area contributed by atoms with Crippen LogP contribution in [0.3, 0.4) is 0 Å². The minimum Gasteiger partial charge on any atom is -0.377 e. The van der Waals surface area contributed by atoms with Crippen LogP contribution in [-0.2, 0) is 27.9 Å². The van der Waals surface area contributed by atoms with Crippen molar-refractivity contribution in [2.45, 2.75) is 70.6 Å². The standard InChI is InChI=1S/C27H38N4O5/c1-17-15-29(12-13-30(17)25(33)20-8-9-20)24(32)19-6-4-18(5-7-19)16-31-26(34)22-14-21(36-3)10-11-23(22)28(2)27(31)35/h11,14,17-21H,4-10,12-13,15-16H2,1-3H3/t17-,18?,19?,21?/m1/s1. The van der Waals surface area contributed by atoms with E-state index in [-0.39, 0.29) is 53.0 Å². The quantitative estimate of drug-likeness (QED) is 0.561. The summed E-state index contributed by atoms with van der Waals surface area (Å²) in [4.78, 5) is 55.8. The van der Waals surface area contributed by atoms with Gasteiger partial charge in [-0.3, -0.25) is 23.5 Å². The molecule has 9 nitrogen and oxygen atoms in total. The topological polar surface area (TPSA) is 93.8 Å². The van der Waals surface area contributed by atoms with Gasteiger partial charge in [-0.25, -0.2) is 4.79 Å². The maximum atomic E-state index is 13.3. The monoisotopic (exact) mass is 498 g/mol. The molecule has 3 fully saturated rings. The predicted octanol–water partition coefficient (Wildman–Crippen LogP) is -0.198. The molecule has 1 aliphatic heterocycles. The van der Waals surface area contributed by atoms with E-state index in [2.05, 4.69) is 0 Å². The number of hydrogen-bond acceptors (Lipinski definition) is 5. The summed E-state index contributed by atoms with van der Waals surface area (Å²) in [5.74, 6) is 0.827. The Morgan fingerprint density at radius 1 is 1.00 bits per heavy atom. The molecule has 2 saturated carbocycles. The minimum absolute atomic E-state index is 0.0207. The fourth-order valence-electron chi connectivity index (χ4n) is 6.18. The molecule has 0 bridgehead atoms. The third-order valence-electron chi connectivity index (χ3n) is 8.62. The lowest BCUT2D eigenvalue weighted by Crippen LogP contribution is -2.59. The summed E-state index contributed by atoms with van der Waals surface area (Å²) in [6.45, 7) is 4.26. The molecule has 1 aromatic heterocycles. The normalized spacial score (nSPS) is 28.2. The second-order valence-electron chi connectivity index (χ2n) is 11.1. The van der Waals surface area contributed by atoms with Crippen LogP contribution in [0.2, 0.25) is 0 Å². The molecular weight excluding hydrogens is 460 g/mol. The van der Waals surface area contributed by atoms with Crippen LogP contribution in [0.1, 0.15) is 51.9 Å². The number of carbonyl (C=O) groups excluding carboxylic acids is 2. The van der Waals surface area contributed by atoms with E-state index in [4.69, 9.17) is 4.74 Å². The SMILES string of the molecule is COC1C=c2c(n(C)c(=O)n(CC3CCC(C(=O)N4CCN(C(=O)C5CC5)[C@H](C)C4)CC3)c2=O)=CC1. The number of carbonyl (C=O) groups is 2. The molecule has 3 aliphatic carbocycles. The van der Waals surface area contributed by atoms with E-state index in [9.17, 15) is 19.2 Å². The Balaban J connectivity index is 1.21. The van der Waals surface area contributed by atoms with Crippen molar-refractivity contribution in [3.8, 4) is 0 Å². The van der Waals surface area contributed by atoms with Gasteiger partial charge in [0.15, 0.2) is 0 Å². The first-order valence-electron chi connectivity index (χ1n) is 13.4. The molecule has 2 atom stereocenters. The second kappa shape index (κ2) is 10.00. The zero-order chi connectivity index (χ0) is 25.6. The fraction of sp³-hybridized carbons (Fsp3) is 0.704. The van der Waals surface area contributed by atoms with E-state index >= 15 is 0 Å². The van der Waals surface area contributed by atoms with Crippen molar-refractivity contribution >= 4 is 24.0 Å². The van der Waals surface area contributed by atoms with E-state index in [1.807, 2.05) is 28.9 Å². The van der Waals surface area contributed by atoms with Gasteiger partial charge in [-0.2, -0.15) is 0 Å². The molecular formula is C27H38N4O5. The van der Waals surface area contributed by atoms with Gasteiger partial charge in [-0.1, -0.05) is 6.08 Å². The summed E-state index contributed by atoms with van der Waals surface area (Å²) in [7, 11) is 3.33. The van der Waals surface area contributed by atoms with Crippen molar-refractivity contribution < 1.29 is 14.3 Å². The van der Waals surface area contributed by atoms with Crippen molar-refractivity contribution in [3.63, 3.8) is 0 Å². The van der Waals surface area contributed by atoms with Crippen molar-refractivity contribution in [2.24, 2.45) is 24.8 Å². The lowest BCUT2D eigenvalue weighted by molar-refractivity contribution is -0.146. The number of fused-ring (bicyclic) bond motifs is 1. The van der Waals surface area contributed by atoms with E-state index < -0.39 is 0 Å². The maximum absolute atomic E-state index is 13.3. The molecule has 0 aromatic carbocycles. The molecule has 2 heterocycles. The van der Waals surface area contributed by atoms with Crippen LogP contribution >= 0.6 is 0 Å². The molecule has 1 saturated heterocycles. The van der Waals surface area contributed by atoms with Gasteiger partial charge in [-0.05, 0) is 63.9 Å². The van der Waals surface area contributed by atoms with Crippen LogP contribution < -0.4 is 21.8 Å². The summed E-state index contributed by atoms with van der Waals surface area (Å²) in [6, 6.07) is 0.0611. The minimum atomic E-state index is -0.287. The molecule has 0 radical (unpaired) electrons. The Labute approximate surface area is 211 Å². The lowest BCUT2D eigenvalue weighted by atomic mass is 9.81. The number of nitrogens with zero attached hydrogens (tertiary/aromatic N) is 4. The molecule has 4 aliphatic rings. The highest BCUT2D eigenvalue weighted by molar-refractivity contribution is 5.82. The average molecular weight is 499 g/mol. The molecule has 196 valence electrons. The predicted molar refractivity (Wildman–Crippen MR) is 135 cm³/mol. The first-order chi connectivity index (χ1) is 17.3. The number of ether oxygens (including phenoxy) is 1. The molecule has 0 N–H and O–H groups in total. The zero-order valence-corrected chi connectivity index (χ0v) is 21.6. The van der Waals surface area contributed by atoms with Gasteiger partial charge >= 0.3 is 5.69 Å². The van der Waals surface area contributed by atoms with Gasteiger partial charge in [0.1, 0.15) is 0 Å². The molecule has 0 spiro atoms. The summed E-state index contributed by atoms with van der Waals surface area (Å²) in [6.07, 6.45) is 9.37. The van der Waals surface area contributed by atoms with E-state index in [1.165, 1.54) is 4.57 Å². The summed E-state index contributed by atoms with van der Waals surface area (Å²) >= 11 is 0. The van der Waals surface area contributed by atoms with E-state index in [0.717, 1.165) is 38.5 Å². The van der Waals surface area contributed by atoms with Gasteiger partial charge in [0.2, 0.25) is 11.8 Å². The van der Waals surface area contributed by atoms with Crippen molar-refractivity contribution in [1.29, 1.82) is 0 Å². The highest BCUT2D eigenvalue weighted by Crippen LogP contribution is 2.33. The van der Waals surface area contributed by atoms with Crippen LogP contribution in [0, 0.1) is 17.8 Å². The second-order valence-corrected chi connectivity index (χ2v) is 11.1. The molecule has 5 rings (SSSR count). The molecule has 2 amide bonds. The Kier molecular flexibility index (Phi) is 6.94. The van der Waals surface area contributed by atoms with Crippen LogP contribution in [-0.4, -0.2) is 69.6 Å². The average Bonchev–Trinajstić information content (AvgIpc) is 3.75. The zero-order valence-electron chi connectivity index (χ0n) is 21.6. The molecule has 1 aromatic rings. The fourth-order valence-corrected chi connectivity index (χ4v) is 6.18. The lowest BCUT2D eigenvalue weighted by Gasteiger charge is -2.42. The van der Waals surface area contributed by atoms with Crippen LogP contribution in [0.4, 0.5) is 0 Å². The van der Waals surface area contributed by atoms with Gasteiger partial charge in [0.05, 0.1) is 16.7 Å². The number of methoxy groups -OCH3 is 1. The Morgan fingerprint density at radius 2 is 1.67 bits per heavy atom. The van der Waals surface area contributed by atoms with Crippen molar-refractivity contribution in [3.05, 3.63) is 31.4 Å². The van der Waals surface area contributed by atoms with Crippen molar-refractivity contribution in [1.82, 2.24) is 18.9 Å². The third kappa shape index (κ3) is 4.69. The molecule has 36 heavy (non-hydrogen) atoms. The van der Waals surface area contributed by atoms with Gasteiger partial charge < -0.3 is 14.5 Å². The third-order valence-corrected chi connectivity index (χ3v) is 8.62. The first-order valence-corrected chi connectivity index (χ1v) is 13.4. The number of hydrogen-bond donors (Lipinski definition) is 0. The molecule has 9 heteroatoms. The Bertz CT molecular complexity index is 1270. The van der Waals surface area contributed by atoms with Gasteiger partial charge in [0.25, 0.3) is 5.56 Å². The number of aromatic nitrogens is 2. The van der Waals surface area contributed by atoms with Crippen LogP contribution in [0.25, 0.3) is 12.2 Å². The Hall–Kier alpha value is -2.68. The van der Waals surface area contributed by atoms with Crippen LogP contribution in [0.5, 0.6) is 0 Å². The number of rotatable bonds is 5. The van der Waals surface area contributed by atoms with Crippen molar-refractivity contribution in [2.75, 3.05) is 26.7 Å². The van der Waals surface area contributed by atoms with E-state index in [0.29, 0.717) is 43.2 Å². The summed E-state index contributed by atoms with van der Waals surface area (Å²) < 4.78 is 8.33. The van der Waals surface area contributed by atoms with Gasteiger partial charge in [-0.15, -0.1) is 0 Å². The largest absolute Gasteiger partial charge is 0.377 e. The molecule has 1 unspecified atom stereocenters. The highest BCUT2D eigenvalue weighted by Gasteiger charge is 2.39. The summed E-state index contributed by atoms with van der Waals surface area (Å²) in [5.41, 5.74) is -0.540. The number of piperazine rings is 1. The van der Waals surface area contributed by atoms with Crippen LogP contribution in [0.15, 0.2) is 9.59 Å². The maximum Gasteiger partial charge on any atom is 0.331 e. The van der Waals surface area contributed by atoms with Gasteiger partial charge in [0, 0.05) is 58.2 Å².